The van der Waals surface area contributed by atoms with Gasteiger partial charge in [0.1, 0.15) is 18.4 Å². The van der Waals surface area contributed by atoms with Crippen LogP contribution in [0.5, 0.6) is 0 Å². The third-order valence-corrected chi connectivity index (χ3v) is 4.77. The van der Waals surface area contributed by atoms with Crippen molar-refractivity contribution in [2.45, 2.75) is 25.7 Å². The van der Waals surface area contributed by atoms with E-state index in [9.17, 15) is 0 Å². The number of aliphatic imine (C=N–C) groups is 1. The summed E-state index contributed by atoms with van der Waals surface area (Å²) in [6.07, 6.45) is 3.94. The van der Waals surface area contributed by atoms with Crippen molar-refractivity contribution in [3.8, 4) is 0 Å². The maximum Gasteiger partial charge on any atom is 0.197 e. The van der Waals surface area contributed by atoms with E-state index in [4.69, 9.17) is 22.1 Å². The number of alkyl halides is 1. The van der Waals surface area contributed by atoms with E-state index in [0.29, 0.717) is 23.6 Å². The summed E-state index contributed by atoms with van der Waals surface area (Å²) in [5, 5.41) is 0. The first-order chi connectivity index (χ1) is 8.41. The number of ether oxygens (including phenoxy) is 1. The molecular weight excluding hydrogens is 266 g/mol. The Labute approximate surface area is 116 Å². The van der Waals surface area contributed by atoms with Gasteiger partial charge in [-0.2, -0.15) is 0 Å². The Morgan fingerprint density at radius 1 is 1.44 bits per heavy atom. The predicted octanol–water partition coefficient (Wildman–Crippen LogP) is 2.20. The summed E-state index contributed by atoms with van der Waals surface area (Å²) in [5.74, 6) is 0.581. The first kappa shape index (κ1) is 15.9. The van der Waals surface area contributed by atoms with Crippen molar-refractivity contribution in [1.82, 2.24) is 0 Å². The lowest BCUT2D eigenvalue weighted by molar-refractivity contribution is -0.801. The molecular formula is C12H25ClN3OSi+. The Kier molecular flexibility index (Phi) is 6.00. The number of nitrogens with zero attached hydrogens (tertiary/aromatic N) is 2. The summed E-state index contributed by atoms with van der Waals surface area (Å²) in [4.78, 5) is 4.31. The minimum atomic E-state index is -1.02. The van der Waals surface area contributed by atoms with Gasteiger partial charge in [-0.3, -0.25) is 0 Å². The van der Waals surface area contributed by atoms with Crippen LogP contribution in [0.3, 0.4) is 0 Å². The molecule has 104 valence electrons. The van der Waals surface area contributed by atoms with Crippen LogP contribution in [0.1, 0.15) is 0 Å². The summed E-state index contributed by atoms with van der Waals surface area (Å²) >= 11 is 5.86. The zero-order valence-corrected chi connectivity index (χ0v) is 13.4. The maximum absolute atomic E-state index is 5.86. The Morgan fingerprint density at radius 3 is 2.67 bits per heavy atom. The number of quaternary nitrogens is 1. The smallest absolute Gasteiger partial charge is 0.197 e. The summed E-state index contributed by atoms with van der Waals surface area (Å²) in [6.45, 7) is 9.73. The van der Waals surface area contributed by atoms with E-state index in [2.05, 4.69) is 30.8 Å². The second-order valence-corrected chi connectivity index (χ2v) is 11.9. The van der Waals surface area contributed by atoms with Gasteiger partial charge in [0, 0.05) is 14.6 Å². The number of nitrogens with two attached hydrogens (primary N) is 1. The van der Waals surface area contributed by atoms with E-state index in [1.807, 2.05) is 6.34 Å². The molecule has 0 bridgehead atoms. The molecule has 2 N–H and O–H groups in total. The number of hydrogen-bond acceptors (Lipinski definition) is 3. The van der Waals surface area contributed by atoms with Gasteiger partial charge in [-0.05, 0) is 6.04 Å². The van der Waals surface area contributed by atoms with Gasteiger partial charge in [0.05, 0.1) is 12.5 Å². The molecule has 0 saturated carbocycles. The predicted molar refractivity (Wildman–Crippen MR) is 80.4 cm³/mol. The fourth-order valence-electron chi connectivity index (χ4n) is 1.69. The molecule has 0 fully saturated rings. The molecule has 0 aromatic heterocycles. The van der Waals surface area contributed by atoms with E-state index in [0.717, 1.165) is 18.8 Å². The molecule has 0 radical (unpaired) electrons. The first-order valence-electron chi connectivity index (χ1n) is 6.38. The van der Waals surface area contributed by atoms with Crippen molar-refractivity contribution in [1.29, 1.82) is 0 Å². The van der Waals surface area contributed by atoms with Gasteiger partial charge in [0.2, 0.25) is 0 Å². The van der Waals surface area contributed by atoms with Crippen LogP contribution in [0.2, 0.25) is 25.7 Å². The molecule has 1 unspecified atom stereocenters. The monoisotopic (exact) mass is 290 g/mol. The van der Waals surface area contributed by atoms with Crippen molar-refractivity contribution >= 4 is 26.0 Å². The SMILES string of the molecule is C[Si](C)(C)CCOC[N+]1(CCCl)C=NC(CN)=C1. The van der Waals surface area contributed by atoms with E-state index in [1.54, 1.807) is 0 Å². The van der Waals surface area contributed by atoms with Gasteiger partial charge >= 0.3 is 0 Å². The molecule has 0 saturated heterocycles. The normalized spacial score (nSPS) is 23.5. The van der Waals surface area contributed by atoms with Crippen molar-refractivity contribution < 1.29 is 9.22 Å². The molecule has 0 spiro atoms. The van der Waals surface area contributed by atoms with Crippen LogP contribution in [0.15, 0.2) is 16.9 Å². The van der Waals surface area contributed by atoms with Crippen molar-refractivity contribution in [2.24, 2.45) is 10.7 Å². The quantitative estimate of drug-likeness (QED) is 0.322. The zero-order valence-electron chi connectivity index (χ0n) is 11.7. The Bertz CT molecular complexity index is 328. The maximum atomic E-state index is 5.86. The molecule has 1 aliphatic heterocycles. The highest BCUT2D eigenvalue weighted by atomic mass is 35.5. The second kappa shape index (κ2) is 6.82. The molecule has 1 rings (SSSR count). The second-order valence-electron chi connectivity index (χ2n) is 5.93. The lowest BCUT2D eigenvalue weighted by atomic mass is 10.4. The summed E-state index contributed by atoms with van der Waals surface area (Å²) in [5.41, 5.74) is 6.51. The van der Waals surface area contributed by atoms with Crippen LogP contribution in [-0.4, -0.2) is 51.2 Å². The van der Waals surface area contributed by atoms with Gasteiger partial charge in [0.15, 0.2) is 13.1 Å². The van der Waals surface area contributed by atoms with Crippen LogP contribution >= 0.6 is 11.6 Å². The highest BCUT2D eigenvalue weighted by molar-refractivity contribution is 6.76. The molecule has 1 aliphatic rings. The molecule has 0 aromatic rings. The topological polar surface area (TPSA) is 47.6 Å². The average Bonchev–Trinajstić information content (AvgIpc) is 2.68. The fourth-order valence-corrected chi connectivity index (χ4v) is 2.76. The number of hydrogen-bond donors (Lipinski definition) is 1. The van der Waals surface area contributed by atoms with Gasteiger partial charge < -0.3 is 10.5 Å². The standard InChI is InChI=1S/C12H25ClN3OSi/c1-18(2,3)7-6-17-11-16(5-4-13)9-12(8-14)15-10-16/h9-10H,4-8,11,14H2,1-3H3/q+1. The van der Waals surface area contributed by atoms with Crippen molar-refractivity contribution in [3.05, 3.63) is 11.9 Å². The Morgan fingerprint density at radius 2 is 2.17 bits per heavy atom. The molecule has 18 heavy (non-hydrogen) atoms. The summed E-state index contributed by atoms with van der Waals surface area (Å²) in [6, 6.07) is 1.18. The van der Waals surface area contributed by atoms with Crippen LogP contribution < -0.4 is 5.73 Å². The van der Waals surface area contributed by atoms with Gasteiger partial charge in [-0.25, -0.2) is 9.48 Å². The molecule has 0 amide bonds. The van der Waals surface area contributed by atoms with Crippen LogP contribution in [0.25, 0.3) is 0 Å². The highest BCUT2D eigenvalue weighted by Crippen LogP contribution is 2.17. The number of rotatable bonds is 8. The molecule has 4 nitrogen and oxygen atoms in total. The number of halogens is 1. The van der Waals surface area contributed by atoms with E-state index in [-0.39, 0.29) is 0 Å². The summed E-state index contributed by atoms with van der Waals surface area (Å²) < 4.78 is 6.39. The fraction of sp³-hybridized carbons (Fsp3) is 0.750. The molecule has 6 heteroatoms. The minimum Gasteiger partial charge on any atom is -0.331 e. The molecule has 0 aliphatic carbocycles. The van der Waals surface area contributed by atoms with Gasteiger partial charge in [0.25, 0.3) is 0 Å². The highest BCUT2D eigenvalue weighted by Gasteiger charge is 2.28. The lowest BCUT2D eigenvalue weighted by Crippen LogP contribution is -2.43. The van der Waals surface area contributed by atoms with Gasteiger partial charge in [-0.15, -0.1) is 11.6 Å². The largest absolute Gasteiger partial charge is 0.331 e. The Balaban J connectivity index is 2.46. The zero-order chi connectivity index (χ0) is 13.6. The van der Waals surface area contributed by atoms with Crippen molar-refractivity contribution in [3.63, 3.8) is 0 Å². The van der Waals surface area contributed by atoms with E-state index < -0.39 is 8.07 Å². The van der Waals surface area contributed by atoms with Crippen molar-refractivity contribution in [2.75, 3.05) is 32.3 Å². The van der Waals surface area contributed by atoms with E-state index >= 15 is 0 Å². The first-order valence-corrected chi connectivity index (χ1v) is 10.6. The summed E-state index contributed by atoms with van der Waals surface area (Å²) in [7, 11) is -1.02. The van der Waals surface area contributed by atoms with Gasteiger partial charge in [-0.1, -0.05) is 19.6 Å². The van der Waals surface area contributed by atoms with Crippen LogP contribution in [-0.2, 0) is 4.74 Å². The third-order valence-electron chi connectivity index (χ3n) is 2.90. The molecule has 0 aromatic carbocycles. The van der Waals surface area contributed by atoms with Crippen LogP contribution in [0.4, 0.5) is 0 Å². The lowest BCUT2D eigenvalue weighted by Gasteiger charge is -2.26. The Hall–Kier alpha value is -0.203. The molecule has 1 heterocycles. The third kappa shape index (κ3) is 5.20. The minimum absolute atomic E-state index is 0.466. The van der Waals surface area contributed by atoms with Crippen LogP contribution in [0, 0.1) is 0 Å². The average molecular weight is 291 g/mol. The molecule has 1 atom stereocenters. The van der Waals surface area contributed by atoms with E-state index in [1.165, 1.54) is 6.04 Å².